The van der Waals surface area contributed by atoms with Gasteiger partial charge >= 0.3 is 5.97 Å². The van der Waals surface area contributed by atoms with Crippen LogP contribution >= 0.6 is 0 Å². The second-order valence-electron chi connectivity index (χ2n) is 15.5. The number of hydrogen-bond donors (Lipinski definition) is 1. The Hall–Kier alpha value is -0.870. The molecule has 0 saturated carbocycles. The van der Waals surface area contributed by atoms with Crippen LogP contribution in [-0.4, -0.2) is 37.0 Å². The fraction of sp³-hybridized carbons (Fsp3) is 0.935. The number of rotatable bonds is 43. The minimum atomic E-state index is -0.530. The summed E-state index contributed by atoms with van der Waals surface area (Å²) in [6.45, 7) is 5.39. The van der Waals surface area contributed by atoms with Crippen molar-refractivity contribution < 1.29 is 19.4 Å². The molecule has 0 fully saturated rings. The van der Waals surface area contributed by atoms with Gasteiger partial charge in [-0.05, 0) is 38.5 Å². The average molecular weight is 707 g/mol. The van der Waals surface area contributed by atoms with E-state index in [-0.39, 0.29) is 12.6 Å². The summed E-state index contributed by atoms with van der Waals surface area (Å²) in [6.07, 6.45) is 52.8. The molecule has 0 aliphatic rings. The van der Waals surface area contributed by atoms with Gasteiger partial charge in [-0.3, -0.25) is 4.79 Å². The Morgan fingerprint density at radius 1 is 0.460 bits per heavy atom. The zero-order valence-electron chi connectivity index (χ0n) is 34.2. The first-order chi connectivity index (χ1) is 24.7. The lowest BCUT2D eigenvalue weighted by Gasteiger charge is -2.16. The maximum Gasteiger partial charge on any atom is 0.306 e. The molecular formula is C46H90O4. The molecule has 0 aliphatic carbocycles. The Labute approximate surface area is 314 Å². The SMILES string of the molecule is CCCCCCCCC/C=C\CCCCCCCCCC(=O)OC(CO)COCCCCCCCCCCCCCCCCCCCCCC. The van der Waals surface area contributed by atoms with E-state index in [4.69, 9.17) is 9.47 Å². The van der Waals surface area contributed by atoms with Crippen molar-refractivity contribution in [2.75, 3.05) is 19.8 Å². The van der Waals surface area contributed by atoms with Crippen molar-refractivity contribution in [2.24, 2.45) is 0 Å². The number of hydrogen-bond acceptors (Lipinski definition) is 4. The van der Waals surface area contributed by atoms with Gasteiger partial charge < -0.3 is 14.6 Å². The first-order valence-corrected chi connectivity index (χ1v) is 22.8. The van der Waals surface area contributed by atoms with Crippen molar-refractivity contribution in [1.82, 2.24) is 0 Å². The third kappa shape index (κ3) is 41.5. The monoisotopic (exact) mass is 707 g/mol. The van der Waals surface area contributed by atoms with Gasteiger partial charge in [0.1, 0.15) is 6.10 Å². The normalized spacial score (nSPS) is 12.3. The van der Waals surface area contributed by atoms with Gasteiger partial charge in [-0.1, -0.05) is 219 Å². The summed E-state index contributed by atoms with van der Waals surface area (Å²) in [6, 6.07) is 0. The Morgan fingerprint density at radius 2 is 0.780 bits per heavy atom. The largest absolute Gasteiger partial charge is 0.457 e. The zero-order valence-corrected chi connectivity index (χ0v) is 34.2. The fourth-order valence-electron chi connectivity index (χ4n) is 6.91. The molecule has 0 radical (unpaired) electrons. The molecule has 0 aromatic carbocycles. The Morgan fingerprint density at radius 3 is 1.14 bits per heavy atom. The first-order valence-electron chi connectivity index (χ1n) is 22.8. The predicted octanol–water partition coefficient (Wildman–Crippen LogP) is 14.9. The lowest BCUT2D eigenvalue weighted by molar-refractivity contribution is -0.154. The molecule has 0 amide bonds. The third-order valence-corrected chi connectivity index (χ3v) is 10.3. The maximum atomic E-state index is 12.2. The third-order valence-electron chi connectivity index (χ3n) is 10.3. The highest BCUT2D eigenvalue weighted by atomic mass is 16.6. The fourth-order valence-corrected chi connectivity index (χ4v) is 6.91. The van der Waals surface area contributed by atoms with E-state index >= 15 is 0 Å². The lowest BCUT2D eigenvalue weighted by atomic mass is 10.0. The van der Waals surface area contributed by atoms with Crippen molar-refractivity contribution in [3.8, 4) is 0 Å². The van der Waals surface area contributed by atoms with E-state index in [0.29, 0.717) is 19.6 Å². The molecule has 4 heteroatoms. The van der Waals surface area contributed by atoms with Crippen LogP contribution in [0, 0.1) is 0 Å². The number of carbonyl (C=O) groups is 1. The Kier molecular flexibility index (Phi) is 43.5. The highest BCUT2D eigenvalue weighted by Gasteiger charge is 2.13. The van der Waals surface area contributed by atoms with Crippen LogP contribution in [0.5, 0.6) is 0 Å². The summed E-state index contributed by atoms with van der Waals surface area (Å²) >= 11 is 0. The Bertz CT molecular complexity index is 663. The minimum absolute atomic E-state index is 0.167. The number of esters is 1. The summed E-state index contributed by atoms with van der Waals surface area (Å²) in [7, 11) is 0. The molecule has 298 valence electrons. The molecule has 0 spiro atoms. The van der Waals surface area contributed by atoms with Crippen LogP contribution in [0.1, 0.15) is 251 Å². The van der Waals surface area contributed by atoms with Gasteiger partial charge in [0.15, 0.2) is 0 Å². The molecule has 0 bridgehead atoms. The van der Waals surface area contributed by atoms with E-state index in [0.717, 1.165) is 19.3 Å². The van der Waals surface area contributed by atoms with Crippen LogP contribution in [0.3, 0.4) is 0 Å². The molecule has 0 aromatic heterocycles. The molecule has 0 heterocycles. The van der Waals surface area contributed by atoms with Crippen LogP contribution in [0.25, 0.3) is 0 Å². The van der Waals surface area contributed by atoms with Gasteiger partial charge in [0.05, 0.1) is 13.2 Å². The smallest absolute Gasteiger partial charge is 0.306 e. The molecule has 0 saturated heterocycles. The highest BCUT2D eigenvalue weighted by molar-refractivity contribution is 5.69. The molecule has 0 rings (SSSR count). The van der Waals surface area contributed by atoms with Crippen LogP contribution in [-0.2, 0) is 14.3 Å². The second-order valence-corrected chi connectivity index (χ2v) is 15.5. The van der Waals surface area contributed by atoms with Gasteiger partial charge in [0.2, 0.25) is 0 Å². The van der Waals surface area contributed by atoms with Crippen molar-refractivity contribution in [2.45, 2.75) is 258 Å². The number of carbonyl (C=O) groups excluding carboxylic acids is 1. The van der Waals surface area contributed by atoms with Crippen molar-refractivity contribution >= 4 is 5.97 Å². The molecule has 4 nitrogen and oxygen atoms in total. The molecule has 0 aliphatic heterocycles. The number of unbranched alkanes of at least 4 members (excludes halogenated alkanes) is 33. The van der Waals surface area contributed by atoms with Crippen LogP contribution in [0.2, 0.25) is 0 Å². The number of aliphatic hydroxyl groups excluding tert-OH is 1. The van der Waals surface area contributed by atoms with Crippen LogP contribution in [0.15, 0.2) is 12.2 Å². The van der Waals surface area contributed by atoms with E-state index in [2.05, 4.69) is 26.0 Å². The van der Waals surface area contributed by atoms with Gasteiger partial charge in [0, 0.05) is 13.0 Å². The maximum absolute atomic E-state index is 12.2. The predicted molar refractivity (Wildman–Crippen MR) is 219 cm³/mol. The van der Waals surface area contributed by atoms with E-state index in [1.807, 2.05) is 0 Å². The molecule has 50 heavy (non-hydrogen) atoms. The van der Waals surface area contributed by atoms with Gasteiger partial charge in [-0.25, -0.2) is 0 Å². The summed E-state index contributed by atoms with van der Waals surface area (Å²) in [5, 5.41) is 9.61. The molecule has 1 N–H and O–H groups in total. The second kappa shape index (κ2) is 44.3. The summed E-state index contributed by atoms with van der Waals surface area (Å²) in [4.78, 5) is 12.2. The first kappa shape index (κ1) is 49.1. The molecule has 1 unspecified atom stereocenters. The van der Waals surface area contributed by atoms with E-state index in [1.165, 1.54) is 212 Å². The summed E-state index contributed by atoms with van der Waals surface area (Å²) in [5.74, 6) is -0.199. The zero-order chi connectivity index (χ0) is 36.3. The topological polar surface area (TPSA) is 55.8 Å². The van der Waals surface area contributed by atoms with E-state index in [1.54, 1.807) is 0 Å². The Balaban J connectivity index is 3.37. The van der Waals surface area contributed by atoms with Crippen LogP contribution < -0.4 is 0 Å². The van der Waals surface area contributed by atoms with Gasteiger partial charge in [-0.15, -0.1) is 0 Å². The number of ether oxygens (including phenoxy) is 2. The van der Waals surface area contributed by atoms with Gasteiger partial charge in [0.25, 0.3) is 0 Å². The van der Waals surface area contributed by atoms with Crippen molar-refractivity contribution in [1.29, 1.82) is 0 Å². The number of aliphatic hydroxyl groups is 1. The summed E-state index contributed by atoms with van der Waals surface area (Å²) < 4.78 is 11.2. The van der Waals surface area contributed by atoms with E-state index in [9.17, 15) is 9.90 Å². The van der Waals surface area contributed by atoms with Crippen molar-refractivity contribution in [3.63, 3.8) is 0 Å². The van der Waals surface area contributed by atoms with Gasteiger partial charge in [-0.2, -0.15) is 0 Å². The van der Waals surface area contributed by atoms with Crippen LogP contribution in [0.4, 0.5) is 0 Å². The van der Waals surface area contributed by atoms with Crippen molar-refractivity contribution in [3.05, 3.63) is 12.2 Å². The standard InChI is InChI=1S/C46H90O4/c1-3-5-7-9-11-13-15-17-19-21-23-24-26-28-30-32-34-36-38-40-42-49-44-45(43-47)50-46(48)41-39-37-35-33-31-29-27-25-22-20-18-16-14-12-10-8-6-4-2/h20,22,45,47H,3-19,21,23-44H2,1-2H3/b22-20-. The molecule has 0 aromatic rings. The minimum Gasteiger partial charge on any atom is -0.457 e. The number of allylic oxidation sites excluding steroid dienone is 2. The average Bonchev–Trinajstić information content (AvgIpc) is 3.12. The quantitative estimate of drug-likeness (QED) is 0.0390. The van der Waals surface area contributed by atoms with E-state index < -0.39 is 6.10 Å². The summed E-state index contributed by atoms with van der Waals surface area (Å²) in [5.41, 5.74) is 0. The lowest BCUT2D eigenvalue weighted by Crippen LogP contribution is -2.27. The molecule has 1 atom stereocenters. The highest BCUT2D eigenvalue weighted by Crippen LogP contribution is 2.16. The molecular weight excluding hydrogens is 617 g/mol.